The number of aryl methyl sites for hydroxylation is 1. The van der Waals surface area contributed by atoms with Gasteiger partial charge < -0.3 is 19.7 Å². The molecule has 0 saturated carbocycles. The number of carboxylic acid groups (broad SMARTS) is 1. The molecule has 9 heteroatoms. The molecule has 1 fully saturated rings. The molecule has 2 aromatic carbocycles. The fourth-order valence-electron chi connectivity index (χ4n) is 4.72. The topological polar surface area (TPSA) is 115 Å². The Bertz CT molecular complexity index is 1160. The third kappa shape index (κ3) is 4.40. The van der Waals surface area contributed by atoms with E-state index in [1.807, 2.05) is 24.3 Å². The highest BCUT2D eigenvalue weighted by molar-refractivity contribution is 7.99. The Labute approximate surface area is 201 Å². The van der Waals surface area contributed by atoms with Crippen LogP contribution in [0.4, 0.5) is 4.79 Å². The molecule has 0 unspecified atom stereocenters. The zero-order chi connectivity index (χ0) is 23.5. The van der Waals surface area contributed by atoms with Crippen molar-refractivity contribution in [3.8, 4) is 11.1 Å². The van der Waals surface area contributed by atoms with Crippen molar-refractivity contribution >= 4 is 23.8 Å². The summed E-state index contributed by atoms with van der Waals surface area (Å²) >= 11 is 1.80. The molecule has 0 radical (unpaired) electrons. The van der Waals surface area contributed by atoms with Crippen LogP contribution in [0.5, 0.6) is 0 Å². The summed E-state index contributed by atoms with van der Waals surface area (Å²) in [5.74, 6) is 1.35. The first-order chi connectivity index (χ1) is 16.6. The van der Waals surface area contributed by atoms with E-state index in [0.717, 1.165) is 22.6 Å². The number of thioether (sulfide) groups is 1. The SMILES string of the molecule is O=C(O)CCc1nc(C2(NC(=O)OCC3c4ccccc4-c4ccccc43)CCSCC2)no1. The first kappa shape index (κ1) is 22.5. The Balaban J connectivity index is 1.30. The van der Waals surface area contributed by atoms with Crippen LogP contribution in [-0.2, 0) is 21.5 Å². The van der Waals surface area contributed by atoms with Crippen LogP contribution in [-0.4, -0.2) is 45.4 Å². The van der Waals surface area contributed by atoms with E-state index in [1.165, 1.54) is 11.1 Å². The maximum atomic E-state index is 13.0. The van der Waals surface area contributed by atoms with Crippen LogP contribution < -0.4 is 5.32 Å². The highest BCUT2D eigenvalue weighted by atomic mass is 32.2. The Morgan fingerprint density at radius 2 is 1.74 bits per heavy atom. The molecule has 34 heavy (non-hydrogen) atoms. The van der Waals surface area contributed by atoms with Gasteiger partial charge in [-0.2, -0.15) is 16.7 Å². The fraction of sp³-hybridized carbons (Fsp3) is 0.360. The first-order valence-electron chi connectivity index (χ1n) is 11.3. The molecule has 5 rings (SSSR count). The van der Waals surface area contributed by atoms with Crippen LogP contribution in [0.15, 0.2) is 53.1 Å². The number of nitrogens with one attached hydrogen (secondary N) is 1. The van der Waals surface area contributed by atoms with E-state index in [-0.39, 0.29) is 31.3 Å². The molecular formula is C25H25N3O5S. The van der Waals surface area contributed by atoms with Gasteiger partial charge in [-0.25, -0.2) is 4.79 Å². The molecule has 2 N–H and O–H groups in total. The number of fused-ring (bicyclic) bond motifs is 3. The van der Waals surface area contributed by atoms with Gasteiger partial charge in [0.25, 0.3) is 0 Å². The molecule has 2 aliphatic rings. The Morgan fingerprint density at radius 1 is 1.09 bits per heavy atom. The van der Waals surface area contributed by atoms with E-state index >= 15 is 0 Å². The largest absolute Gasteiger partial charge is 0.481 e. The number of alkyl carbamates (subject to hydrolysis) is 1. The molecule has 176 valence electrons. The minimum Gasteiger partial charge on any atom is -0.481 e. The molecule has 3 aromatic rings. The van der Waals surface area contributed by atoms with Crippen LogP contribution in [0.1, 0.15) is 48.0 Å². The highest BCUT2D eigenvalue weighted by Crippen LogP contribution is 2.44. The van der Waals surface area contributed by atoms with Gasteiger partial charge in [-0.3, -0.25) is 4.79 Å². The number of aliphatic carboxylic acids is 1. The number of amides is 1. The molecule has 1 aliphatic heterocycles. The van der Waals surface area contributed by atoms with E-state index in [4.69, 9.17) is 14.4 Å². The summed E-state index contributed by atoms with van der Waals surface area (Å²) in [6.45, 7) is 0.223. The number of aromatic nitrogens is 2. The summed E-state index contributed by atoms with van der Waals surface area (Å²) in [6, 6.07) is 16.4. The minimum absolute atomic E-state index is 0.0243. The van der Waals surface area contributed by atoms with Gasteiger partial charge in [0.15, 0.2) is 5.82 Å². The molecule has 1 aliphatic carbocycles. The second-order valence-electron chi connectivity index (χ2n) is 8.55. The number of nitrogens with zero attached hydrogens (tertiary/aromatic N) is 2. The lowest BCUT2D eigenvalue weighted by atomic mass is 9.91. The zero-order valence-electron chi connectivity index (χ0n) is 18.5. The number of benzene rings is 2. The predicted octanol–water partition coefficient (Wildman–Crippen LogP) is 4.35. The van der Waals surface area contributed by atoms with E-state index in [0.29, 0.717) is 18.7 Å². The maximum Gasteiger partial charge on any atom is 0.407 e. The number of hydrogen-bond acceptors (Lipinski definition) is 7. The molecule has 2 heterocycles. The Hall–Kier alpha value is -3.33. The summed E-state index contributed by atoms with van der Waals surface area (Å²) in [4.78, 5) is 28.3. The van der Waals surface area contributed by atoms with Crippen LogP contribution in [0.25, 0.3) is 11.1 Å². The van der Waals surface area contributed by atoms with Crippen molar-refractivity contribution in [1.82, 2.24) is 15.5 Å². The van der Waals surface area contributed by atoms with Gasteiger partial charge in [0.05, 0.1) is 6.42 Å². The first-order valence-corrected chi connectivity index (χ1v) is 12.5. The lowest BCUT2D eigenvalue weighted by Gasteiger charge is -2.34. The van der Waals surface area contributed by atoms with E-state index in [2.05, 4.69) is 39.7 Å². The number of carboxylic acids is 1. The lowest BCUT2D eigenvalue weighted by molar-refractivity contribution is -0.137. The molecule has 1 aromatic heterocycles. The van der Waals surface area contributed by atoms with Crippen molar-refractivity contribution in [3.63, 3.8) is 0 Å². The standard InChI is InChI=1S/C25H25N3O5S/c29-22(30)10-9-21-26-23(28-33-21)25(11-13-34-14-12-25)27-24(31)32-15-20-18-7-3-1-5-16(18)17-6-2-4-8-19(17)20/h1-8,20H,9-15H2,(H,27,31)(H,29,30). The number of carbonyl (C=O) groups excluding carboxylic acids is 1. The third-order valence-electron chi connectivity index (χ3n) is 6.48. The highest BCUT2D eigenvalue weighted by Gasteiger charge is 2.41. The van der Waals surface area contributed by atoms with E-state index in [9.17, 15) is 9.59 Å². The van der Waals surface area contributed by atoms with E-state index in [1.54, 1.807) is 11.8 Å². The van der Waals surface area contributed by atoms with Crippen molar-refractivity contribution in [2.45, 2.75) is 37.1 Å². The van der Waals surface area contributed by atoms with Gasteiger partial charge in [0.1, 0.15) is 12.1 Å². The van der Waals surface area contributed by atoms with Crippen molar-refractivity contribution in [3.05, 3.63) is 71.4 Å². The minimum atomic E-state index is -0.930. The van der Waals surface area contributed by atoms with Gasteiger partial charge in [0, 0.05) is 12.3 Å². The number of ether oxygens (including phenoxy) is 1. The van der Waals surface area contributed by atoms with Crippen LogP contribution >= 0.6 is 11.8 Å². The Morgan fingerprint density at radius 3 is 2.38 bits per heavy atom. The zero-order valence-corrected chi connectivity index (χ0v) is 19.3. The second kappa shape index (κ2) is 9.50. The quantitative estimate of drug-likeness (QED) is 0.514. The van der Waals surface area contributed by atoms with Gasteiger partial charge in [-0.05, 0) is 46.6 Å². The van der Waals surface area contributed by atoms with Crippen LogP contribution in [0.3, 0.4) is 0 Å². The molecule has 0 atom stereocenters. The molecule has 1 saturated heterocycles. The van der Waals surface area contributed by atoms with E-state index < -0.39 is 17.6 Å². The summed E-state index contributed by atoms with van der Waals surface area (Å²) in [7, 11) is 0. The molecule has 0 spiro atoms. The summed E-state index contributed by atoms with van der Waals surface area (Å²) < 4.78 is 11.0. The third-order valence-corrected chi connectivity index (χ3v) is 7.47. The average Bonchev–Trinajstić information content (AvgIpc) is 3.46. The van der Waals surface area contributed by atoms with Gasteiger partial charge in [0.2, 0.25) is 5.89 Å². The number of rotatable bonds is 7. The molecular weight excluding hydrogens is 454 g/mol. The number of carbonyl (C=O) groups is 2. The molecule has 0 bridgehead atoms. The smallest absolute Gasteiger partial charge is 0.407 e. The summed E-state index contributed by atoms with van der Waals surface area (Å²) in [5.41, 5.74) is 3.86. The fourth-order valence-corrected chi connectivity index (χ4v) is 5.91. The van der Waals surface area contributed by atoms with Crippen molar-refractivity contribution in [1.29, 1.82) is 0 Å². The van der Waals surface area contributed by atoms with Gasteiger partial charge in [-0.1, -0.05) is 53.7 Å². The molecule has 8 nitrogen and oxygen atoms in total. The second-order valence-corrected chi connectivity index (χ2v) is 9.78. The molecule has 1 amide bonds. The van der Waals surface area contributed by atoms with Crippen molar-refractivity contribution < 1.29 is 24.0 Å². The maximum absolute atomic E-state index is 13.0. The van der Waals surface area contributed by atoms with Crippen LogP contribution in [0.2, 0.25) is 0 Å². The normalized spacial score (nSPS) is 16.5. The summed E-state index contributed by atoms with van der Waals surface area (Å²) in [5, 5.41) is 16.0. The monoisotopic (exact) mass is 479 g/mol. The lowest BCUT2D eigenvalue weighted by Crippen LogP contribution is -2.49. The average molecular weight is 480 g/mol. The number of hydrogen-bond donors (Lipinski definition) is 2. The van der Waals surface area contributed by atoms with Crippen molar-refractivity contribution in [2.24, 2.45) is 0 Å². The Kier molecular flexibility index (Phi) is 6.28. The van der Waals surface area contributed by atoms with Crippen molar-refractivity contribution in [2.75, 3.05) is 18.1 Å². The van der Waals surface area contributed by atoms with Gasteiger partial charge in [-0.15, -0.1) is 0 Å². The van der Waals surface area contributed by atoms with Crippen LogP contribution in [0, 0.1) is 0 Å². The summed E-state index contributed by atoms with van der Waals surface area (Å²) in [6.07, 6.45) is 0.813. The van der Waals surface area contributed by atoms with Gasteiger partial charge >= 0.3 is 12.1 Å². The predicted molar refractivity (Wildman–Crippen MR) is 127 cm³/mol.